The molecule has 0 atom stereocenters. The van der Waals surface area contributed by atoms with E-state index in [0.29, 0.717) is 12.1 Å². The lowest BCUT2D eigenvalue weighted by Gasteiger charge is -2.06. The van der Waals surface area contributed by atoms with Gasteiger partial charge in [0.15, 0.2) is 0 Å². The van der Waals surface area contributed by atoms with E-state index in [0.717, 1.165) is 12.8 Å². The minimum absolute atomic E-state index is 0.0521. The standard InChI is InChI=1S/C17H23FN2O/c1-2-3-4-5-6-7-8-9-17(21)20-15-10-11-16(18)14(12-15)13-19/h10-12H,2-9H2,1H3,(H,20,21). The lowest BCUT2D eigenvalue weighted by Crippen LogP contribution is -2.11. The summed E-state index contributed by atoms with van der Waals surface area (Å²) in [7, 11) is 0. The van der Waals surface area contributed by atoms with E-state index in [2.05, 4.69) is 12.2 Å². The number of carbonyl (C=O) groups is 1. The summed E-state index contributed by atoms with van der Waals surface area (Å²) in [6.45, 7) is 2.19. The third kappa shape index (κ3) is 6.89. The number of unbranched alkanes of at least 4 members (excludes halogenated alkanes) is 6. The van der Waals surface area contributed by atoms with Crippen molar-refractivity contribution in [2.24, 2.45) is 0 Å². The summed E-state index contributed by atoms with van der Waals surface area (Å²) in [4.78, 5) is 11.7. The van der Waals surface area contributed by atoms with Gasteiger partial charge in [-0.15, -0.1) is 0 Å². The fourth-order valence-electron chi connectivity index (χ4n) is 2.15. The Bertz CT molecular complexity index is 494. The zero-order valence-electron chi connectivity index (χ0n) is 12.6. The highest BCUT2D eigenvalue weighted by molar-refractivity contribution is 5.90. The van der Waals surface area contributed by atoms with Crippen LogP contribution >= 0.6 is 0 Å². The van der Waals surface area contributed by atoms with Crippen LogP contribution in [-0.2, 0) is 4.79 Å². The zero-order valence-corrected chi connectivity index (χ0v) is 12.6. The van der Waals surface area contributed by atoms with Crippen molar-refractivity contribution in [1.29, 1.82) is 5.26 Å². The molecule has 1 N–H and O–H groups in total. The maximum Gasteiger partial charge on any atom is 0.224 e. The van der Waals surface area contributed by atoms with Gasteiger partial charge in [0.1, 0.15) is 11.9 Å². The van der Waals surface area contributed by atoms with E-state index in [4.69, 9.17) is 5.26 Å². The molecule has 0 heterocycles. The molecule has 0 saturated heterocycles. The van der Waals surface area contributed by atoms with Crippen molar-refractivity contribution >= 4 is 11.6 Å². The molecule has 1 amide bonds. The number of hydrogen-bond donors (Lipinski definition) is 1. The Morgan fingerprint density at radius 2 is 1.86 bits per heavy atom. The molecule has 0 aliphatic rings. The average molecular weight is 290 g/mol. The van der Waals surface area contributed by atoms with Gasteiger partial charge in [0.25, 0.3) is 0 Å². The second-order valence-electron chi connectivity index (χ2n) is 5.23. The van der Waals surface area contributed by atoms with Crippen LogP contribution in [0.5, 0.6) is 0 Å². The monoisotopic (exact) mass is 290 g/mol. The Kier molecular flexibility index (Phi) is 8.11. The van der Waals surface area contributed by atoms with Crippen LogP contribution in [0, 0.1) is 17.1 Å². The van der Waals surface area contributed by atoms with Gasteiger partial charge in [0.2, 0.25) is 5.91 Å². The van der Waals surface area contributed by atoms with Gasteiger partial charge in [0, 0.05) is 12.1 Å². The van der Waals surface area contributed by atoms with Gasteiger partial charge in [-0.25, -0.2) is 4.39 Å². The second-order valence-corrected chi connectivity index (χ2v) is 5.23. The van der Waals surface area contributed by atoms with Crippen molar-refractivity contribution in [3.63, 3.8) is 0 Å². The summed E-state index contributed by atoms with van der Waals surface area (Å²) in [5.74, 6) is -0.651. The smallest absolute Gasteiger partial charge is 0.224 e. The summed E-state index contributed by atoms with van der Waals surface area (Å²) in [6, 6.07) is 5.79. The first-order chi connectivity index (χ1) is 10.2. The molecule has 0 radical (unpaired) electrons. The molecular weight excluding hydrogens is 267 g/mol. The summed E-state index contributed by atoms with van der Waals surface area (Å²) in [6.07, 6.45) is 8.59. The third-order valence-corrected chi connectivity index (χ3v) is 3.38. The molecule has 21 heavy (non-hydrogen) atoms. The van der Waals surface area contributed by atoms with Crippen LogP contribution in [-0.4, -0.2) is 5.91 Å². The number of carbonyl (C=O) groups excluding carboxylic acids is 1. The van der Waals surface area contributed by atoms with Crippen LogP contribution in [0.4, 0.5) is 10.1 Å². The van der Waals surface area contributed by atoms with Gasteiger partial charge in [-0.3, -0.25) is 4.79 Å². The number of rotatable bonds is 9. The highest BCUT2D eigenvalue weighted by Crippen LogP contribution is 2.15. The molecule has 0 unspecified atom stereocenters. The Labute approximate surface area is 126 Å². The number of amides is 1. The van der Waals surface area contributed by atoms with Crippen molar-refractivity contribution in [2.75, 3.05) is 5.32 Å². The van der Waals surface area contributed by atoms with Crippen LogP contribution < -0.4 is 5.32 Å². The van der Waals surface area contributed by atoms with Crippen molar-refractivity contribution in [1.82, 2.24) is 0 Å². The van der Waals surface area contributed by atoms with Crippen molar-refractivity contribution in [3.8, 4) is 6.07 Å². The Morgan fingerprint density at radius 3 is 2.52 bits per heavy atom. The van der Waals surface area contributed by atoms with E-state index in [-0.39, 0.29) is 11.5 Å². The molecule has 0 aliphatic carbocycles. The normalized spacial score (nSPS) is 10.1. The molecule has 0 aromatic heterocycles. The summed E-state index contributed by atoms with van der Waals surface area (Å²) in [5, 5.41) is 11.4. The molecule has 3 nitrogen and oxygen atoms in total. The number of nitriles is 1. The van der Waals surface area contributed by atoms with E-state index < -0.39 is 5.82 Å². The number of halogens is 1. The summed E-state index contributed by atoms with van der Waals surface area (Å²) in [5.41, 5.74) is 0.421. The maximum atomic E-state index is 13.1. The first-order valence-corrected chi connectivity index (χ1v) is 7.67. The molecule has 1 rings (SSSR count). The molecule has 0 spiro atoms. The topological polar surface area (TPSA) is 52.9 Å². The van der Waals surface area contributed by atoms with Crippen LogP contribution in [0.1, 0.15) is 63.9 Å². The molecule has 0 bridgehead atoms. The third-order valence-electron chi connectivity index (χ3n) is 3.38. The fourth-order valence-corrected chi connectivity index (χ4v) is 2.15. The Morgan fingerprint density at radius 1 is 1.19 bits per heavy atom. The number of anilines is 1. The maximum absolute atomic E-state index is 13.1. The summed E-state index contributed by atoms with van der Waals surface area (Å²) < 4.78 is 13.1. The largest absolute Gasteiger partial charge is 0.326 e. The predicted molar refractivity (Wildman–Crippen MR) is 82.4 cm³/mol. The lowest BCUT2D eigenvalue weighted by atomic mass is 10.1. The highest BCUT2D eigenvalue weighted by atomic mass is 19.1. The first kappa shape index (κ1) is 17.2. The van der Waals surface area contributed by atoms with Gasteiger partial charge in [-0.2, -0.15) is 5.26 Å². The molecule has 114 valence electrons. The van der Waals surface area contributed by atoms with Gasteiger partial charge >= 0.3 is 0 Å². The Hall–Kier alpha value is -1.89. The number of hydrogen-bond acceptors (Lipinski definition) is 2. The van der Waals surface area contributed by atoms with Crippen LogP contribution in [0.2, 0.25) is 0 Å². The first-order valence-electron chi connectivity index (χ1n) is 7.67. The fraction of sp³-hybridized carbons (Fsp3) is 0.529. The molecule has 1 aromatic carbocycles. The lowest BCUT2D eigenvalue weighted by molar-refractivity contribution is -0.116. The minimum atomic E-state index is -0.567. The van der Waals surface area contributed by atoms with Crippen molar-refractivity contribution < 1.29 is 9.18 Å². The van der Waals surface area contributed by atoms with Crippen LogP contribution in [0.3, 0.4) is 0 Å². The molecule has 1 aromatic rings. The molecule has 0 aliphatic heterocycles. The van der Waals surface area contributed by atoms with E-state index in [1.165, 1.54) is 50.3 Å². The van der Waals surface area contributed by atoms with Gasteiger partial charge in [-0.05, 0) is 24.6 Å². The minimum Gasteiger partial charge on any atom is -0.326 e. The van der Waals surface area contributed by atoms with Crippen LogP contribution in [0.15, 0.2) is 18.2 Å². The average Bonchev–Trinajstić information content (AvgIpc) is 2.48. The van der Waals surface area contributed by atoms with Gasteiger partial charge in [-0.1, -0.05) is 45.4 Å². The number of nitrogens with zero attached hydrogens (tertiary/aromatic N) is 1. The van der Waals surface area contributed by atoms with E-state index in [1.807, 2.05) is 0 Å². The quantitative estimate of drug-likeness (QED) is 0.666. The molecular formula is C17H23FN2O. The predicted octanol–water partition coefficient (Wildman–Crippen LogP) is 4.78. The van der Waals surface area contributed by atoms with E-state index in [9.17, 15) is 9.18 Å². The van der Waals surface area contributed by atoms with Gasteiger partial charge < -0.3 is 5.32 Å². The molecule has 4 heteroatoms. The van der Waals surface area contributed by atoms with Crippen molar-refractivity contribution in [3.05, 3.63) is 29.6 Å². The van der Waals surface area contributed by atoms with Crippen LogP contribution in [0.25, 0.3) is 0 Å². The highest BCUT2D eigenvalue weighted by Gasteiger charge is 2.06. The zero-order chi connectivity index (χ0) is 15.5. The number of nitrogens with one attached hydrogen (secondary N) is 1. The molecule has 0 fully saturated rings. The van der Waals surface area contributed by atoms with E-state index in [1.54, 1.807) is 6.07 Å². The SMILES string of the molecule is CCCCCCCCCC(=O)Nc1ccc(F)c(C#N)c1. The second kappa shape index (κ2) is 9.93. The summed E-state index contributed by atoms with van der Waals surface area (Å²) >= 11 is 0. The Balaban J connectivity index is 2.23. The van der Waals surface area contributed by atoms with Gasteiger partial charge in [0.05, 0.1) is 5.56 Å². The number of benzene rings is 1. The van der Waals surface area contributed by atoms with Crippen molar-refractivity contribution in [2.45, 2.75) is 58.3 Å². The van der Waals surface area contributed by atoms with E-state index >= 15 is 0 Å². The molecule has 0 saturated carbocycles.